The smallest absolute Gasteiger partial charge is 0.0807 e. The van der Waals surface area contributed by atoms with Crippen LogP contribution in [0.5, 0.6) is 0 Å². The predicted octanol–water partition coefficient (Wildman–Crippen LogP) is 2.35. The van der Waals surface area contributed by atoms with Crippen LogP contribution in [-0.4, -0.2) is 12.1 Å². The van der Waals surface area contributed by atoms with Crippen LogP contribution in [0, 0.1) is 0 Å². The zero-order valence-corrected chi connectivity index (χ0v) is 7.87. The summed E-state index contributed by atoms with van der Waals surface area (Å²) in [4.78, 5) is 4.29. The van der Waals surface area contributed by atoms with Gasteiger partial charge < -0.3 is 4.74 Å². The Morgan fingerprint density at radius 1 is 1.50 bits per heavy atom. The molecule has 66 valence electrons. The van der Waals surface area contributed by atoms with Crippen molar-refractivity contribution in [3.63, 3.8) is 0 Å². The normalized spacial score (nSPS) is 12.9. The van der Waals surface area contributed by atoms with E-state index in [4.69, 9.17) is 4.74 Å². The maximum atomic E-state index is 5.17. The Labute approximate surface area is 73.6 Å². The standard InChI is InChI=1S/C10H15NO/c1-4-10-6-5-9(7-11-10)8(2)12-3/h5-8H,4H2,1-3H3. The van der Waals surface area contributed by atoms with Crippen molar-refractivity contribution in [2.24, 2.45) is 0 Å². The van der Waals surface area contributed by atoms with Gasteiger partial charge >= 0.3 is 0 Å². The van der Waals surface area contributed by atoms with Gasteiger partial charge in [-0.25, -0.2) is 0 Å². The van der Waals surface area contributed by atoms with Crippen LogP contribution in [0.25, 0.3) is 0 Å². The van der Waals surface area contributed by atoms with Gasteiger partial charge in [-0.15, -0.1) is 0 Å². The fourth-order valence-electron chi connectivity index (χ4n) is 1.02. The van der Waals surface area contributed by atoms with Gasteiger partial charge in [0.05, 0.1) is 6.10 Å². The van der Waals surface area contributed by atoms with Gasteiger partial charge in [-0.3, -0.25) is 4.98 Å². The lowest BCUT2D eigenvalue weighted by molar-refractivity contribution is 0.119. The Morgan fingerprint density at radius 2 is 2.25 bits per heavy atom. The largest absolute Gasteiger partial charge is 0.377 e. The van der Waals surface area contributed by atoms with Crippen molar-refractivity contribution in [3.05, 3.63) is 29.6 Å². The Balaban J connectivity index is 2.77. The van der Waals surface area contributed by atoms with Crippen LogP contribution >= 0.6 is 0 Å². The highest BCUT2D eigenvalue weighted by Gasteiger charge is 2.02. The summed E-state index contributed by atoms with van der Waals surface area (Å²) in [5.41, 5.74) is 2.26. The number of pyridine rings is 1. The molecule has 2 nitrogen and oxygen atoms in total. The SMILES string of the molecule is CCc1ccc(C(C)OC)cn1. The summed E-state index contributed by atoms with van der Waals surface area (Å²) in [5, 5.41) is 0. The molecule has 12 heavy (non-hydrogen) atoms. The number of hydrogen-bond donors (Lipinski definition) is 0. The van der Waals surface area contributed by atoms with Crippen LogP contribution in [0.4, 0.5) is 0 Å². The number of hydrogen-bond acceptors (Lipinski definition) is 2. The average Bonchev–Trinajstić information content (AvgIpc) is 2.17. The Kier molecular flexibility index (Phi) is 3.23. The summed E-state index contributed by atoms with van der Waals surface area (Å²) in [6.45, 7) is 4.12. The minimum absolute atomic E-state index is 0.142. The lowest BCUT2D eigenvalue weighted by Gasteiger charge is -2.08. The average molecular weight is 165 g/mol. The minimum Gasteiger partial charge on any atom is -0.377 e. The molecule has 0 spiro atoms. The molecule has 1 atom stereocenters. The first-order chi connectivity index (χ1) is 5.77. The van der Waals surface area contributed by atoms with Gasteiger partial charge in [0.25, 0.3) is 0 Å². The fourth-order valence-corrected chi connectivity index (χ4v) is 1.02. The van der Waals surface area contributed by atoms with Crippen LogP contribution in [0.3, 0.4) is 0 Å². The molecule has 0 aliphatic heterocycles. The Bertz CT molecular complexity index is 230. The minimum atomic E-state index is 0.142. The molecule has 0 aliphatic rings. The highest BCUT2D eigenvalue weighted by atomic mass is 16.5. The second-order valence-electron chi connectivity index (χ2n) is 2.81. The maximum absolute atomic E-state index is 5.17. The first kappa shape index (κ1) is 9.20. The molecule has 0 radical (unpaired) electrons. The van der Waals surface area contributed by atoms with Crippen LogP contribution in [0.1, 0.15) is 31.2 Å². The predicted molar refractivity (Wildman–Crippen MR) is 49.0 cm³/mol. The Morgan fingerprint density at radius 3 is 2.67 bits per heavy atom. The highest BCUT2D eigenvalue weighted by Crippen LogP contribution is 2.14. The maximum Gasteiger partial charge on any atom is 0.0807 e. The monoisotopic (exact) mass is 165 g/mol. The van der Waals surface area contributed by atoms with E-state index in [1.54, 1.807) is 7.11 Å². The van der Waals surface area contributed by atoms with Crippen molar-refractivity contribution < 1.29 is 4.74 Å². The molecule has 0 saturated carbocycles. The number of methoxy groups -OCH3 is 1. The zero-order chi connectivity index (χ0) is 8.97. The van der Waals surface area contributed by atoms with Crippen LogP contribution in [0.15, 0.2) is 18.3 Å². The lowest BCUT2D eigenvalue weighted by Crippen LogP contribution is -1.97. The van der Waals surface area contributed by atoms with Crippen molar-refractivity contribution >= 4 is 0 Å². The van der Waals surface area contributed by atoms with E-state index < -0.39 is 0 Å². The quantitative estimate of drug-likeness (QED) is 0.686. The van der Waals surface area contributed by atoms with Crippen molar-refractivity contribution in [3.8, 4) is 0 Å². The van der Waals surface area contributed by atoms with E-state index in [1.165, 1.54) is 0 Å². The van der Waals surface area contributed by atoms with E-state index in [0.29, 0.717) is 0 Å². The third kappa shape index (κ3) is 2.05. The van der Waals surface area contributed by atoms with E-state index in [2.05, 4.69) is 18.0 Å². The van der Waals surface area contributed by atoms with Gasteiger partial charge in [-0.2, -0.15) is 0 Å². The molecule has 1 unspecified atom stereocenters. The number of aryl methyl sites for hydroxylation is 1. The number of nitrogens with zero attached hydrogens (tertiary/aromatic N) is 1. The molecule has 0 bridgehead atoms. The van der Waals surface area contributed by atoms with Crippen molar-refractivity contribution in [2.45, 2.75) is 26.4 Å². The van der Waals surface area contributed by atoms with Gasteiger partial charge in [0.2, 0.25) is 0 Å². The second kappa shape index (κ2) is 4.21. The molecule has 0 aromatic carbocycles. The van der Waals surface area contributed by atoms with Crippen molar-refractivity contribution in [1.82, 2.24) is 4.98 Å². The van der Waals surface area contributed by atoms with Crippen molar-refractivity contribution in [1.29, 1.82) is 0 Å². The summed E-state index contributed by atoms with van der Waals surface area (Å²) in [7, 11) is 1.71. The first-order valence-electron chi connectivity index (χ1n) is 4.25. The molecule has 2 heteroatoms. The summed E-state index contributed by atoms with van der Waals surface area (Å²) in [6.07, 6.45) is 3.01. The van der Waals surface area contributed by atoms with Crippen molar-refractivity contribution in [2.75, 3.05) is 7.11 Å². The number of aromatic nitrogens is 1. The molecule has 0 N–H and O–H groups in total. The zero-order valence-electron chi connectivity index (χ0n) is 7.87. The second-order valence-corrected chi connectivity index (χ2v) is 2.81. The van der Waals surface area contributed by atoms with E-state index in [9.17, 15) is 0 Å². The highest BCUT2D eigenvalue weighted by molar-refractivity contribution is 5.15. The van der Waals surface area contributed by atoms with Crippen LogP contribution < -0.4 is 0 Å². The van der Waals surface area contributed by atoms with Gasteiger partial charge in [0.15, 0.2) is 0 Å². The van der Waals surface area contributed by atoms with Crippen LogP contribution in [-0.2, 0) is 11.2 Å². The van der Waals surface area contributed by atoms with Gasteiger partial charge in [-0.05, 0) is 25.0 Å². The molecule has 0 aliphatic carbocycles. The van der Waals surface area contributed by atoms with Gasteiger partial charge in [0.1, 0.15) is 0 Å². The molecule has 0 saturated heterocycles. The fraction of sp³-hybridized carbons (Fsp3) is 0.500. The molecule has 1 heterocycles. The van der Waals surface area contributed by atoms with E-state index in [0.717, 1.165) is 17.7 Å². The summed E-state index contributed by atoms with van der Waals surface area (Å²) < 4.78 is 5.17. The summed E-state index contributed by atoms with van der Waals surface area (Å²) >= 11 is 0. The first-order valence-corrected chi connectivity index (χ1v) is 4.25. The van der Waals surface area contributed by atoms with E-state index in [-0.39, 0.29) is 6.10 Å². The van der Waals surface area contributed by atoms with E-state index in [1.807, 2.05) is 19.2 Å². The lowest BCUT2D eigenvalue weighted by atomic mass is 10.1. The molecule has 1 aromatic rings. The molecule has 0 fully saturated rings. The topological polar surface area (TPSA) is 22.1 Å². The molecular formula is C10H15NO. The molecule has 0 amide bonds. The summed E-state index contributed by atoms with van der Waals surface area (Å²) in [5.74, 6) is 0. The van der Waals surface area contributed by atoms with Gasteiger partial charge in [0, 0.05) is 19.0 Å². The number of rotatable bonds is 3. The molecule has 1 rings (SSSR count). The van der Waals surface area contributed by atoms with Crippen LogP contribution in [0.2, 0.25) is 0 Å². The third-order valence-electron chi connectivity index (χ3n) is 2.03. The summed E-state index contributed by atoms with van der Waals surface area (Å²) in [6, 6.07) is 4.12. The van der Waals surface area contributed by atoms with E-state index >= 15 is 0 Å². The molecule has 1 aromatic heterocycles. The Hall–Kier alpha value is -0.890. The van der Waals surface area contributed by atoms with Gasteiger partial charge in [-0.1, -0.05) is 13.0 Å². The molecular weight excluding hydrogens is 150 g/mol. The number of ether oxygens (including phenoxy) is 1. The third-order valence-corrected chi connectivity index (χ3v) is 2.03.